The molecule has 4 aromatic carbocycles. The lowest BCUT2D eigenvalue weighted by Crippen LogP contribution is -2.59. The number of pyridine rings is 4. The molecule has 5 saturated carbocycles. The van der Waals surface area contributed by atoms with Gasteiger partial charge in [0.2, 0.25) is 0 Å². The molecule has 5 aliphatic rings. The van der Waals surface area contributed by atoms with Crippen LogP contribution in [0.3, 0.4) is 0 Å². The molecule has 0 spiro atoms. The van der Waals surface area contributed by atoms with Crippen LogP contribution in [0.4, 0.5) is 68.2 Å². The summed E-state index contributed by atoms with van der Waals surface area (Å²) in [5.74, 6) is 2.60. The molecular weight excluding hydrogens is 1710 g/mol. The van der Waals surface area contributed by atoms with E-state index in [4.69, 9.17) is 23.9 Å². The van der Waals surface area contributed by atoms with Gasteiger partial charge in [0.25, 0.3) is 45.8 Å². The predicted molar refractivity (Wildman–Crippen MR) is 532 cm³/mol. The number of hydrogen-bond donors (Lipinski definition) is 8. The molecule has 8 N–H and O–H groups in total. The lowest BCUT2D eigenvalue weighted by atomic mass is 9.49. The minimum Gasteiger partial charge on any atom is -0.478 e. The highest BCUT2D eigenvalue weighted by Crippen LogP contribution is 2.63. The largest absolute Gasteiger partial charge is 0.478 e. The standard InChI is InChI=1S/C26H27N7O2.C25H27N7O2.C24H25N7O2.C24H27N7O2/c1-5-16(2)28-18-7-6-8-19(9-18)32-14-20(29-21-13-31(3)30-24(21)35-4)22-23(25(32)34)33(15-27-22)26-10-17(11-26)12-26;1-5-16(2)27-17-8-6-11-19(12-17)31-14-20(28-21-13-30(3)29-24(21)34-4)22-23(25(31)33)32(15-26-22)18-9-7-10-18;1-5-15(2)26-16-7-6-8-18(11-16)30-13-19(27-20-12-29(3)28-23(20)33-4)21-22(24(30)32)31(14-25-21)17-9-10-17;1-7-16(4)26-17-9-8-10-18(11-17)30-13-19(27-20-12-29(5)28-23(20)33-6)21-22(24(30)32)31(14-25-21)15(2)3/h5-9,13-15,17,28-29H,1-2,10-12H2,3-4H3;5-6,8,11-15,18,27-28H,1-2,7,9-10H2,3-4H3;5-8,11-14,17,26-27H,1-2,9-10H2,3-4H3;7-15,26-27H,1,4H2,2-3,5-6H3. The molecular formula is C99H106N28O8. The van der Waals surface area contributed by atoms with Crippen LogP contribution in [0.2, 0.25) is 0 Å². The van der Waals surface area contributed by atoms with E-state index in [-0.39, 0.29) is 33.8 Å². The van der Waals surface area contributed by atoms with Gasteiger partial charge >= 0.3 is 0 Å². The van der Waals surface area contributed by atoms with Gasteiger partial charge in [0.05, 0.1) is 124 Å². The molecule has 0 saturated heterocycles. The first-order valence-corrected chi connectivity index (χ1v) is 43.8. The summed E-state index contributed by atoms with van der Waals surface area (Å²) in [5.41, 5.74) is 18.4. The fourth-order valence-electron chi connectivity index (χ4n) is 17.0. The molecule has 135 heavy (non-hydrogen) atoms. The molecule has 12 heterocycles. The van der Waals surface area contributed by atoms with E-state index in [2.05, 4.69) is 135 Å². The maximum Gasteiger partial charge on any atom is 0.281 e. The molecule has 0 unspecified atom stereocenters. The van der Waals surface area contributed by atoms with Gasteiger partial charge in [0.15, 0.2) is 0 Å². The van der Waals surface area contributed by atoms with Gasteiger partial charge in [-0.1, -0.05) is 76.9 Å². The van der Waals surface area contributed by atoms with E-state index in [1.807, 2.05) is 184 Å². The van der Waals surface area contributed by atoms with Gasteiger partial charge in [0, 0.05) is 122 Å². The first-order chi connectivity index (χ1) is 65.2. The monoisotopic (exact) mass is 1810 g/mol. The zero-order chi connectivity index (χ0) is 94.9. The van der Waals surface area contributed by atoms with Gasteiger partial charge in [0.1, 0.15) is 66.9 Å². The second-order valence-electron chi connectivity index (χ2n) is 33.9. The Morgan fingerprint density at radius 1 is 0.385 bits per heavy atom. The molecule has 0 atom stereocenters. The normalized spacial score (nSPS) is 14.5. The Morgan fingerprint density at radius 2 is 0.674 bits per heavy atom. The minimum absolute atomic E-state index is 0.0200. The third-order valence-corrected chi connectivity index (χ3v) is 24.1. The second kappa shape index (κ2) is 37.4. The van der Waals surface area contributed by atoms with Gasteiger partial charge in [-0.3, -0.25) is 56.2 Å². The first kappa shape index (κ1) is 89.9. The summed E-state index contributed by atoms with van der Waals surface area (Å²) < 4.78 is 42.8. The van der Waals surface area contributed by atoms with Crippen molar-refractivity contribution in [3.8, 4) is 46.3 Å². The van der Waals surface area contributed by atoms with Crippen LogP contribution in [0.1, 0.15) is 83.3 Å². The number of allylic oxidation sites excluding steroid dienone is 4. The molecule has 36 heteroatoms. The maximum atomic E-state index is 13.9. The van der Waals surface area contributed by atoms with Crippen LogP contribution in [-0.4, -0.2) is 124 Å². The van der Waals surface area contributed by atoms with Crippen molar-refractivity contribution in [2.45, 2.75) is 88.9 Å². The molecule has 0 radical (unpaired) electrons. The second-order valence-corrected chi connectivity index (χ2v) is 33.9. The summed E-state index contributed by atoms with van der Waals surface area (Å²) in [6.07, 6.45) is 36.6. The zero-order valence-electron chi connectivity index (χ0n) is 76.8. The van der Waals surface area contributed by atoms with E-state index in [1.54, 1.807) is 134 Å². The predicted octanol–water partition coefficient (Wildman–Crippen LogP) is 17.3. The van der Waals surface area contributed by atoms with Crippen molar-refractivity contribution in [3.63, 3.8) is 0 Å². The third-order valence-electron chi connectivity index (χ3n) is 24.1. The number of aryl methyl sites for hydroxylation is 4. The molecule has 16 aromatic rings. The third kappa shape index (κ3) is 18.0. The van der Waals surface area contributed by atoms with Crippen molar-refractivity contribution in [1.82, 2.24) is 95.6 Å². The van der Waals surface area contributed by atoms with Gasteiger partial charge in [-0.2, -0.15) is 0 Å². The van der Waals surface area contributed by atoms with Crippen LogP contribution in [0.5, 0.6) is 23.5 Å². The average molecular weight is 1820 g/mol. The van der Waals surface area contributed by atoms with Crippen molar-refractivity contribution >= 4 is 112 Å². The number of rotatable bonds is 32. The van der Waals surface area contributed by atoms with E-state index in [0.29, 0.717) is 159 Å². The van der Waals surface area contributed by atoms with Gasteiger partial charge in [-0.25, -0.2) is 19.9 Å². The first-order valence-electron chi connectivity index (χ1n) is 43.8. The van der Waals surface area contributed by atoms with E-state index < -0.39 is 0 Å². The van der Waals surface area contributed by atoms with Gasteiger partial charge < -0.3 is 79.8 Å². The Balaban J connectivity index is 0.000000125. The molecule has 2 bridgehead atoms. The lowest BCUT2D eigenvalue weighted by Gasteiger charge is -2.62. The summed E-state index contributed by atoms with van der Waals surface area (Å²) in [4.78, 5) is 73.4. The Morgan fingerprint density at radius 3 is 0.956 bits per heavy atom. The zero-order valence-corrected chi connectivity index (χ0v) is 76.8. The minimum atomic E-state index is -0.167. The lowest BCUT2D eigenvalue weighted by molar-refractivity contribution is -0.0860. The number of imidazole rings is 4. The fraction of sp³-hybridized carbons (Fsp3) is 0.232. The van der Waals surface area contributed by atoms with Crippen LogP contribution >= 0.6 is 0 Å². The molecule has 0 aliphatic heterocycles. The molecule has 5 fully saturated rings. The number of benzene rings is 4. The van der Waals surface area contributed by atoms with Crippen LogP contribution in [0.15, 0.2) is 291 Å². The number of ether oxygens (including phenoxy) is 4. The van der Waals surface area contributed by atoms with E-state index in [1.165, 1.54) is 0 Å². The van der Waals surface area contributed by atoms with E-state index >= 15 is 0 Å². The van der Waals surface area contributed by atoms with Crippen molar-refractivity contribution in [2.75, 3.05) is 71.0 Å². The topological polar surface area (TPSA) is 364 Å². The van der Waals surface area contributed by atoms with Crippen LogP contribution < -0.4 is 83.7 Å². The van der Waals surface area contributed by atoms with Crippen molar-refractivity contribution in [3.05, 3.63) is 313 Å². The average Bonchev–Trinajstić information content (AvgIpc) is 1.65. The van der Waals surface area contributed by atoms with Crippen LogP contribution in [-0.2, 0) is 33.7 Å². The van der Waals surface area contributed by atoms with Crippen molar-refractivity contribution < 1.29 is 18.9 Å². The van der Waals surface area contributed by atoms with Crippen molar-refractivity contribution in [2.24, 2.45) is 34.1 Å². The Kier molecular flexibility index (Phi) is 24.9. The highest BCUT2D eigenvalue weighted by Gasteiger charge is 2.58. The van der Waals surface area contributed by atoms with Crippen LogP contribution in [0, 0.1) is 5.92 Å². The SMILES string of the molecule is C=CC(=C)Nc1cccc(-n2cc(Nc3cn(C)nc3OC)c3ncn(C(C)C)c3c2=O)c1.C=CC(=C)Nc1cccc(-n2cc(Nc3cn(C)nc3OC)c3ncn(C45CC(C4)C5)c3c2=O)c1.C=CC(=C)Nc1cccc(-n2cc(Nc3cn(C)nc3OC)c3ncn(C4CC4)c3c2=O)c1.C=CC(=C)Nc1cccc(-n2cc(Nc3cn(C)nc3OC)c3ncn(C4CCC4)c3c2=O)c1. The smallest absolute Gasteiger partial charge is 0.281 e. The Hall–Kier alpha value is -17.1. The van der Waals surface area contributed by atoms with Crippen LogP contribution in [0.25, 0.3) is 66.9 Å². The number of fused-ring (bicyclic) bond motifs is 4. The molecule has 12 aromatic heterocycles. The number of methoxy groups -OCH3 is 4. The number of aromatic nitrogens is 20. The summed E-state index contributed by atoms with van der Waals surface area (Å²) in [5, 5.41) is 43.5. The highest BCUT2D eigenvalue weighted by molar-refractivity contribution is 5.94. The molecule has 0 amide bonds. The fourth-order valence-corrected chi connectivity index (χ4v) is 17.0. The van der Waals surface area contributed by atoms with E-state index in [0.717, 1.165) is 91.4 Å². The number of hydrogen-bond acceptors (Lipinski definition) is 24. The maximum absolute atomic E-state index is 13.9. The number of anilines is 12. The summed E-state index contributed by atoms with van der Waals surface area (Å²) >= 11 is 0. The number of nitrogens with one attached hydrogen (secondary N) is 8. The highest BCUT2D eigenvalue weighted by atomic mass is 16.5. The van der Waals surface area contributed by atoms with Gasteiger partial charge in [-0.05, 0) is 168 Å². The molecule has 21 rings (SSSR count). The van der Waals surface area contributed by atoms with Gasteiger partial charge in [-0.15, -0.1) is 20.4 Å². The quantitative estimate of drug-likeness (QED) is 0.0182. The summed E-state index contributed by atoms with van der Waals surface area (Å²) in [7, 11) is 13.6. The summed E-state index contributed by atoms with van der Waals surface area (Å²) in [6, 6.07) is 31.0. The molecule has 5 aliphatic carbocycles. The Bertz CT molecular complexity index is 7420. The molecule has 36 nitrogen and oxygen atoms in total. The summed E-state index contributed by atoms with van der Waals surface area (Å²) in [6.45, 7) is 34.6. The number of nitrogens with zero attached hydrogens (tertiary/aromatic N) is 20. The molecule has 690 valence electrons. The Labute approximate surface area is 776 Å². The van der Waals surface area contributed by atoms with E-state index in [9.17, 15) is 19.2 Å². The van der Waals surface area contributed by atoms with Crippen molar-refractivity contribution in [1.29, 1.82) is 0 Å².